The molecular weight excluding hydrogens is 349 g/mol. The number of halogens is 2. The molecule has 136 valence electrons. The molecule has 5 nitrogen and oxygen atoms in total. The summed E-state index contributed by atoms with van der Waals surface area (Å²) in [4.78, 5) is 11.5. The fourth-order valence-electron chi connectivity index (χ4n) is 3.63. The molecule has 0 unspecified atom stereocenters. The van der Waals surface area contributed by atoms with Crippen LogP contribution in [0.5, 0.6) is 0 Å². The fourth-order valence-corrected chi connectivity index (χ4v) is 3.63. The highest BCUT2D eigenvalue weighted by atomic mass is 19.1. The summed E-state index contributed by atoms with van der Waals surface area (Å²) in [5.41, 5.74) is 6.43. The molecule has 0 bridgehead atoms. The lowest BCUT2D eigenvalue weighted by atomic mass is 9.60. The molecule has 3 aromatic rings. The molecule has 0 spiro atoms. The average Bonchev–Trinajstić information content (AvgIpc) is 3.05. The van der Waals surface area contributed by atoms with Crippen molar-refractivity contribution in [1.29, 1.82) is 0 Å². The van der Waals surface area contributed by atoms with Gasteiger partial charge in [0.2, 0.25) is 0 Å². The van der Waals surface area contributed by atoms with Crippen LogP contribution in [-0.2, 0) is 5.31 Å². The van der Waals surface area contributed by atoms with Gasteiger partial charge in [-0.1, -0.05) is 6.07 Å². The highest BCUT2D eigenvalue weighted by Gasteiger charge is 2.30. The Kier molecular flexibility index (Phi) is 4.22. The van der Waals surface area contributed by atoms with Gasteiger partial charge in [-0.3, -0.25) is 4.79 Å². The van der Waals surface area contributed by atoms with Crippen LogP contribution in [0.15, 0.2) is 36.5 Å². The number of aromatic nitrogens is 2. The topological polar surface area (TPSA) is 72.9 Å². The molecule has 1 fully saturated rings. The van der Waals surface area contributed by atoms with Gasteiger partial charge in [0.15, 0.2) is 0 Å². The summed E-state index contributed by atoms with van der Waals surface area (Å²) in [7, 11) is 6.38. The van der Waals surface area contributed by atoms with Crippen molar-refractivity contribution < 1.29 is 13.6 Å². The lowest BCUT2D eigenvalue weighted by Crippen LogP contribution is -2.44. The van der Waals surface area contributed by atoms with Gasteiger partial charge in [0, 0.05) is 11.6 Å². The van der Waals surface area contributed by atoms with E-state index in [-0.39, 0.29) is 11.1 Å². The third kappa shape index (κ3) is 3.10. The number of primary amides is 1. The van der Waals surface area contributed by atoms with Crippen molar-refractivity contribution in [1.82, 2.24) is 15.1 Å². The van der Waals surface area contributed by atoms with E-state index in [4.69, 9.17) is 13.6 Å². The Morgan fingerprint density at radius 1 is 1.30 bits per heavy atom. The highest BCUT2D eigenvalue weighted by Crippen LogP contribution is 2.31. The van der Waals surface area contributed by atoms with Crippen molar-refractivity contribution in [2.75, 3.05) is 13.1 Å². The van der Waals surface area contributed by atoms with Crippen LogP contribution in [0.1, 0.15) is 28.8 Å². The number of nitrogens with zero attached hydrogens (tertiary/aromatic N) is 2. The Hall–Kier alpha value is -2.74. The van der Waals surface area contributed by atoms with E-state index in [1.54, 1.807) is 12.1 Å². The van der Waals surface area contributed by atoms with Crippen LogP contribution >= 0.6 is 0 Å². The predicted octanol–water partition coefficient (Wildman–Crippen LogP) is 2.15. The number of piperidine rings is 1. The Labute approximate surface area is 155 Å². The van der Waals surface area contributed by atoms with Crippen molar-refractivity contribution >= 4 is 24.7 Å². The molecule has 1 aliphatic heterocycles. The van der Waals surface area contributed by atoms with Gasteiger partial charge in [0.05, 0.1) is 19.1 Å². The number of rotatable bonds is 3. The van der Waals surface area contributed by atoms with Gasteiger partial charge in [0.1, 0.15) is 17.2 Å². The van der Waals surface area contributed by atoms with Gasteiger partial charge in [0.25, 0.3) is 5.91 Å². The summed E-state index contributed by atoms with van der Waals surface area (Å²) in [6, 6.07) is 6.98. The maximum absolute atomic E-state index is 14.8. The summed E-state index contributed by atoms with van der Waals surface area (Å²) >= 11 is 0. The number of nitrogens with two attached hydrogens (primary N) is 1. The third-order valence-corrected chi connectivity index (χ3v) is 5.01. The standard InChI is InChI=1S/C19H17BF2N4O/c20-19(4-1-5-24-10-19)15-3-2-13(8-16(15)22)26-9-11-6-12(21)7-14(18(23)27)17(11)25-26/h2-3,6-9,24H,1,4-5,10H2,(H2,23,27)/t19-/m0/s1. The molecule has 1 atom stereocenters. The lowest BCUT2D eigenvalue weighted by molar-refractivity contribution is 0.100. The summed E-state index contributed by atoms with van der Waals surface area (Å²) < 4.78 is 29.9. The number of carbonyl (C=O) groups is 1. The largest absolute Gasteiger partial charge is 0.366 e. The number of hydrogen-bond acceptors (Lipinski definition) is 3. The fraction of sp³-hybridized carbons (Fsp3) is 0.263. The lowest BCUT2D eigenvalue weighted by Gasteiger charge is -2.35. The summed E-state index contributed by atoms with van der Waals surface area (Å²) in [6.07, 6.45) is 3.10. The molecule has 8 heteroatoms. The Morgan fingerprint density at radius 3 is 2.78 bits per heavy atom. The first-order valence-corrected chi connectivity index (χ1v) is 8.66. The van der Waals surface area contributed by atoms with E-state index in [1.807, 2.05) is 0 Å². The Morgan fingerprint density at radius 2 is 2.11 bits per heavy atom. The molecule has 1 saturated heterocycles. The van der Waals surface area contributed by atoms with E-state index in [1.165, 1.54) is 23.0 Å². The molecule has 1 amide bonds. The molecule has 0 aliphatic carbocycles. The molecule has 1 aliphatic rings. The van der Waals surface area contributed by atoms with E-state index >= 15 is 0 Å². The van der Waals surface area contributed by atoms with E-state index in [2.05, 4.69) is 10.4 Å². The molecule has 2 heterocycles. The van der Waals surface area contributed by atoms with Gasteiger partial charge in [-0.25, -0.2) is 13.5 Å². The molecular formula is C19H17BF2N4O. The molecule has 27 heavy (non-hydrogen) atoms. The number of nitrogens with one attached hydrogen (secondary N) is 1. The van der Waals surface area contributed by atoms with Gasteiger partial charge >= 0.3 is 0 Å². The van der Waals surface area contributed by atoms with Crippen LogP contribution < -0.4 is 11.1 Å². The molecule has 2 radical (unpaired) electrons. The SMILES string of the molecule is [B][C@@]1(c2ccc(-n3cc4cc(F)cc(C(N)=O)c4n3)cc2F)CCCNC1. The summed E-state index contributed by atoms with van der Waals surface area (Å²) in [6.45, 7) is 1.38. The van der Waals surface area contributed by atoms with Crippen LogP contribution in [0, 0.1) is 11.6 Å². The van der Waals surface area contributed by atoms with Gasteiger partial charge in [-0.05, 0) is 61.1 Å². The van der Waals surface area contributed by atoms with Crippen molar-refractivity contribution in [3.63, 3.8) is 0 Å². The van der Waals surface area contributed by atoms with Crippen molar-refractivity contribution in [2.24, 2.45) is 5.73 Å². The number of hydrogen-bond donors (Lipinski definition) is 2. The number of carbonyl (C=O) groups excluding carboxylic acids is 1. The van der Waals surface area contributed by atoms with Crippen molar-refractivity contribution in [3.05, 3.63) is 59.3 Å². The minimum absolute atomic E-state index is 0.0185. The van der Waals surface area contributed by atoms with Crippen LogP contribution in [0.2, 0.25) is 0 Å². The van der Waals surface area contributed by atoms with Crippen LogP contribution in [0.25, 0.3) is 16.6 Å². The van der Waals surface area contributed by atoms with Crippen molar-refractivity contribution in [3.8, 4) is 5.69 Å². The van der Waals surface area contributed by atoms with Gasteiger partial charge in [-0.15, -0.1) is 0 Å². The van der Waals surface area contributed by atoms with E-state index in [0.29, 0.717) is 29.6 Å². The van der Waals surface area contributed by atoms with Crippen LogP contribution in [-0.4, -0.2) is 36.6 Å². The first-order valence-electron chi connectivity index (χ1n) is 8.66. The van der Waals surface area contributed by atoms with Gasteiger partial charge < -0.3 is 11.1 Å². The second-order valence-electron chi connectivity index (χ2n) is 6.93. The second-order valence-corrected chi connectivity index (χ2v) is 6.93. The summed E-state index contributed by atoms with van der Waals surface area (Å²) in [5, 5.41) is 7.13. The minimum atomic E-state index is -0.777. The molecule has 4 rings (SSSR count). The maximum atomic E-state index is 14.8. The van der Waals surface area contributed by atoms with E-state index < -0.39 is 22.9 Å². The quantitative estimate of drug-likeness (QED) is 0.698. The smallest absolute Gasteiger partial charge is 0.251 e. The van der Waals surface area contributed by atoms with Gasteiger partial charge in [-0.2, -0.15) is 5.10 Å². The van der Waals surface area contributed by atoms with Crippen LogP contribution in [0.4, 0.5) is 8.78 Å². The third-order valence-electron chi connectivity index (χ3n) is 5.01. The Bertz CT molecular complexity index is 1040. The number of benzene rings is 2. The minimum Gasteiger partial charge on any atom is -0.366 e. The predicted molar refractivity (Wildman–Crippen MR) is 99.0 cm³/mol. The zero-order valence-corrected chi connectivity index (χ0v) is 14.5. The van der Waals surface area contributed by atoms with E-state index in [9.17, 15) is 13.6 Å². The molecule has 1 aromatic heterocycles. The zero-order valence-electron chi connectivity index (χ0n) is 14.5. The molecule has 3 N–H and O–H groups in total. The number of amides is 1. The number of fused-ring (bicyclic) bond motifs is 1. The van der Waals surface area contributed by atoms with E-state index in [0.717, 1.165) is 19.0 Å². The second kappa shape index (κ2) is 6.46. The monoisotopic (exact) mass is 366 g/mol. The first kappa shape index (κ1) is 17.7. The Balaban J connectivity index is 1.77. The van der Waals surface area contributed by atoms with Crippen molar-refractivity contribution in [2.45, 2.75) is 18.2 Å². The highest BCUT2D eigenvalue weighted by molar-refractivity contribution is 6.16. The first-order chi connectivity index (χ1) is 12.9. The zero-order chi connectivity index (χ0) is 19.2. The molecule has 2 aromatic carbocycles. The maximum Gasteiger partial charge on any atom is 0.251 e. The molecule has 0 saturated carbocycles. The normalized spacial score (nSPS) is 20.1. The summed E-state index contributed by atoms with van der Waals surface area (Å²) in [5.74, 6) is -1.80. The van der Waals surface area contributed by atoms with Crippen LogP contribution in [0.3, 0.4) is 0 Å². The average molecular weight is 366 g/mol.